The van der Waals surface area contributed by atoms with Crippen LogP contribution >= 0.6 is 0 Å². The van der Waals surface area contributed by atoms with E-state index in [-0.39, 0.29) is 29.4 Å². The lowest BCUT2D eigenvalue weighted by Gasteiger charge is -2.23. The summed E-state index contributed by atoms with van der Waals surface area (Å²) in [6.45, 7) is 5.98. The minimum Gasteiger partial charge on any atom is -0.484 e. The van der Waals surface area contributed by atoms with Gasteiger partial charge in [-0.15, -0.1) is 0 Å². The lowest BCUT2D eigenvalue weighted by Crippen LogP contribution is -2.23. The number of carbonyl (C=O) groups is 1. The molecule has 1 amide bonds. The summed E-state index contributed by atoms with van der Waals surface area (Å²) < 4.78 is 5.34. The summed E-state index contributed by atoms with van der Waals surface area (Å²) >= 11 is 0. The van der Waals surface area contributed by atoms with E-state index in [1.807, 2.05) is 24.3 Å². The SMILES string of the molecule is CC(C)(C)c1ccccc1NC(=O)COc1cccc([N+](=O)[O-])c1. The Hall–Kier alpha value is -2.89. The second kappa shape index (κ2) is 7.12. The number of non-ortho nitro benzene ring substituents is 1. The molecule has 0 unspecified atom stereocenters. The van der Waals surface area contributed by atoms with E-state index in [4.69, 9.17) is 4.74 Å². The van der Waals surface area contributed by atoms with Crippen LogP contribution in [-0.2, 0) is 10.2 Å². The normalized spacial score (nSPS) is 11.0. The van der Waals surface area contributed by atoms with Gasteiger partial charge in [-0.1, -0.05) is 45.0 Å². The van der Waals surface area contributed by atoms with Gasteiger partial charge in [-0.05, 0) is 23.1 Å². The summed E-state index contributed by atoms with van der Waals surface area (Å²) in [6.07, 6.45) is 0. The number of para-hydroxylation sites is 1. The zero-order valence-electron chi connectivity index (χ0n) is 13.9. The first-order chi connectivity index (χ1) is 11.3. The van der Waals surface area contributed by atoms with Crippen LogP contribution in [0.15, 0.2) is 48.5 Å². The fraction of sp³-hybridized carbons (Fsp3) is 0.278. The molecule has 0 aliphatic carbocycles. The number of amides is 1. The average molecular weight is 328 g/mol. The number of ether oxygens (including phenoxy) is 1. The van der Waals surface area contributed by atoms with Crippen molar-refractivity contribution in [2.24, 2.45) is 0 Å². The number of carbonyl (C=O) groups excluding carboxylic acids is 1. The van der Waals surface area contributed by atoms with Gasteiger partial charge in [0.2, 0.25) is 0 Å². The molecule has 24 heavy (non-hydrogen) atoms. The molecule has 6 heteroatoms. The van der Waals surface area contributed by atoms with Gasteiger partial charge in [-0.25, -0.2) is 0 Å². The first kappa shape index (κ1) is 17.5. The Bertz CT molecular complexity index is 751. The van der Waals surface area contributed by atoms with E-state index >= 15 is 0 Å². The summed E-state index contributed by atoms with van der Waals surface area (Å²) in [7, 11) is 0. The largest absolute Gasteiger partial charge is 0.484 e. The Morgan fingerprint density at radius 2 is 1.88 bits per heavy atom. The van der Waals surface area contributed by atoms with Gasteiger partial charge >= 0.3 is 0 Å². The van der Waals surface area contributed by atoms with Gasteiger partial charge in [0.1, 0.15) is 5.75 Å². The molecule has 0 atom stereocenters. The number of hydrogen-bond donors (Lipinski definition) is 1. The summed E-state index contributed by atoms with van der Waals surface area (Å²) in [5, 5.41) is 13.6. The Kier molecular flexibility index (Phi) is 5.18. The number of nitro benzene ring substituents is 1. The lowest BCUT2D eigenvalue weighted by molar-refractivity contribution is -0.384. The number of hydrogen-bond acceptors (Lipinski definition) is 4. The Morgan fingerprint density at radius 3 is 2.54 bits per heavy atom. The first-order valence-corrected chi connectivity index (χ1v) is 7.54. The van der Waals surface area contributed by atoms with E-state index in [0.717, 1.165) is 11.3 Å². The molecule has 0 saturated carbocycles. The van der Waals surface area contributed by atoms with Crippen molar-refractivity contribution in [3.05, 3.63) is 64.2 Å². The van der Waals surface area contributed by atoms with Crippen LogP contribution in [0.1, 0.15) is 26.3 Å². The van der Waals surface area contributed by atoms with E-state index in [9.17, 15) is 14.9 Å². The summed E-state index contributed by atoms with van der Waals surface area (Å²) in [5.41, 5.74) is 1.57. The smallest absolute Gasteiger partial charge is 0.273 e. The van der Waals surface area contributed by atoms with Crippen LogP contribution in [-0.4, -0.2) is 17.4 Å². The van der Waals surface area contributed by atoms with Gasteiger partial charge in [-0.2, -0.15) is 0 Å². The fourth-order valence-electron chi connectivity index (χ4n) is 2.27. The molecule has 0 aliphatic heterocycles. The maximum atomic E-state index is 12.1. The van der Waals surface area contributed by atoms with Crippen molar-refractivity contribution >= 4 is 17.3 Å². The van der Waals surface area contributed by atoms with Gasteiger partial charge in [0.05, 0.1) is 11.0 Å². The molecular formula is C18H20N2O4. The van der Waals surface area contributed by atoms with E-state index in [0.29, 0.717) is 0 Å². The summed E-state index contributed by atoms with van der Waals surface area (Å²) in [6, 6.07) is 13.3. The molecule has 0 radical (unpaired) electrons. The lowest BCUT2D eigenvalue weighted by atomic mass is 9.86. The third-order valence-electron chi connectivity index (χ3n) is 3.41. The third-order valence-corrected chi connectivity index (χ3v) is 3.41. The second-order valence-corrected chi connectivity index (χ2v) is 6.39. The molecule has 1 N–H and O–H groups in total. The third kappa shape index (κ3) is 4.55. The maximum absolute atomic E-state index is 12.1. The van der Waals surface area contributed by atoms with Crippen molar-refractivity contribution in [3.63, 3.8) is 0 Å². The number of nitrogens with zero attached hydrogens (tertiary/aromatic N) is 1. The monoisotopic (exact) mass is 328 g/mol. The zero-order valence-corrected chi connectivity index (χ0v) is 13.9. The van der Waals surface area contributed by atoms with Gasteiger partial charge in [0.15, 0.2) is 6.61 Å². The van der Waals surface area contributed by atoms with E-state index in [1.165, 1.54) is 18.2 Å². The second-order valence-electron chi connectivity index (χ2n) is 6.39. The topological polar surface area (TPSA) is 81.5 Å². The molecule has 126 valence electrons. The van der Waals surface area contributed by atoms with Gasteiger partial charge < -0.3 is 10.1 Å². The highest BCUT2D eigenvalue weighted by Gasteiger charge is 2.18. The van der Waals surface area contributed by atoms with Crippen molar-refractivity contribution in [1.82, 2.24) is 0 Å². The zero-order chi connectivity index (χ0) is 17.7. The van der Waals surface area contributed by atoms with Crippen LogP contribution in [0.5, 0.6) is 5.75 Å². The minimum absolute atomic E-state index is 0.0778. The maximum Gasteiger partial charge on any atom is 0.273 e. The highest BCUT2D eigenvalue weighted by molar-refractivity contribution is 5.92. The summed E-state index contributed by atoms with van der Waals surface area (Å²) in [4.78, 5) is 22.3. The molecule has 0 spiro atoms. The molecule has 0 saturated heterocycles. The minimum atomic E-state index is -0.507. The number of benzene rings is 2. The number of nitro groups is 1. The van der Waals surface area contributed by atoms with Crippen LogP contribution in [0, 0.1) is 10.1 Å². The molecule has 0 aromatic heterocycles. The van der Waals surface area contributed by atoms with Crippen LogP contribution in [0.25, 0.3) is 0 Å². The molecule has 0 bridgehead atoms. The van der Waals surface area contributed by atoms with E-state index < -0.39 is 4.92 Å². The van der Waals surface area contributed by atoms with Gasteiger partial charge in [0.25, 0.3) is 11.6 Å². The number of nitrogens with one attached hydrogen (secondary N) is 1. The molecule has 6 nitrogen and oxygen atoms in total. The standard InChI is InChI=1S/C18H20N2O4/c1-18(2,3)15-9-4-5-10-16(15)19-17(21)12-24-14-8-6-7-13(11-14)20(22)23/h4-11H,12H2,1-3H3,(H,19,21). The van der Waals surface area contributed by atoms with E-state index in [1.54, 1.807) is 6.07 Å². The Balaban J connectivity index is 2.02. The molecule has 2 aromatic carbocycles. The van der Waals surface area contributed by atoms with Crippen molar-refractivity contribution in [2.75, 3.05) is 11.9 Å². The average Bonchev–Trinajstić information content (AvgIpc) is 2.52. The Labute approximate surface area is 140 Å². The van der Waals surface area contributed by atoms with Gasteiger partial charge in [0, 0.05) is 11.8 Å². The number of anilines is 1. The van der Waals surface area contributed by atoms with Gasteiger partial charge in [-0.3, -0.25) is 14.9 Å². The fourth-order valence-corrected chi connectivity index (χ4v) is 2.27. The molecule has 2 aromatic rings. The summed E-state index contributed by atoms with van der Waals surface area (Å²) in [5.74, 6) is -0.0401. The molecule has 0 heterocycles. The molecular weight excluding hydrogens is 308 g/mol. The number of rotatable bonds is 5. The molecule has 0 aliphatic rings. The predicted molar refractivity (Wildman–Crippen MR) is 92.4 cm³/mol. The van der Waals surface area contributed by atoms with Crippen LogP contribution < -0.4 is 10.1 Å². The predicted octanol–water partition coefficient (Wildman–Crippen LogP) is 3.91. The first-order valence-electron chi connectivity index (χ1n) is 7.54. The van der Waals surface area contributed by atoms with Crippen molar-refractivity contribution < 1.29 is 14.5 Å². The van der Waals surface area contributed by atoms with Crippen LogP contribution in [0.3, 0.4) is 0 Å². The van der Waals surface area contributed by atoms with Crippen LogP contribution in [0.2, 0.25) is 0 Å². The Morgan fingerprint density at radius 1 is 1.17 bits per heavy atom. The van der Waals surface area contributed by atoms with E-state index in [2.05, 4.69) is 26.1 Å². The van der Waals surface area contributed by atoms with Crippen LogP contribution in [0.4, 0.5) is 11.4 Å². The van der Waals surface area contributed by atoms with Crippen molar-refractivity contribution in [2.45, 2.75) is 26.2 Å². The molecule has 0 fully saturated rings. The quantitative estimate of drug-likeness (QED) is 0.666. The highest BCUT2D eigenvalue weighted by atomic mass is 16.6. The van der Waals surface area contributed by atoms with Crippen molar-refractivity contribution in [1.29, 1.82) is 0 Å². The molecule has 2 rings (SSSR count). The van der Waals surface area contributed by atoms with Crippen molar-refractivity contribution in [3.8, 4) is 5.75 Å². The highest BCUT2D eigenvalue weighted by Crippen LogP contribution is 2.29.